The highest BCUT2D eigenvalue weighted by atomic mass is 32.2. The molecule has 8 heteroatoms. The number of rotatable bonds is 4. The number of nitrogens with zero attached hydrogens (tertiary/aromatic N) is 2. The normalized spacial score (nSPS) is 15.9. The van der Waals surface area contributed by atoms with Crippen LogP contribution in [0.3, 0.4) is 0 Å². The number of carbonyl (C=O) groups excluding carboxylic acids is 1. The minimum Gasteiger partial charge on any atom is -0.323 e. The highest BCUT2D eigenvalue weighted by Crippen LogP contribution is 2.25. The zero-order valence-electron chi connectivity index (χ0n) is 14.4. The first kappa shape index (κ1) is 19.0. The van der Waals surface area contributed by atoms with Crippen LogP contribution in [-0.2, 0) is 14.8 Å². The van der Waals surface area contributed by atoms with Gasteiger partial charge in [0, 0.05) is 19.0 Å². The Hall–Kier alpha value is -2.76. The quantitative estimate of drug-likeness (QED) is 0.873. The Morgan fingerprint density at radius 3 is 2.33 bits per heavy atom. The molecule has 1 aliphatic heterocycles. The summed E-state index contributed by atoms with van der Waals surface area (Å²) in [4.78, 5) is 12.5. The smallest absolute Gasteiger partial charge is 0.243 e. The van der Waals surface area contributed by atoms with Gasteiger partial charge in [-0.3, -0.25) is 4.79 Å². The molecule has 1 amide bonds. The number of piperidine rings is 1. The van der Waals surface area contributed by atoms with Crippen LogP contribution in [0.15, 0.2) is 53.4 Å². The lowest BCUT2D eigenvalue weighted by Crippen LogP contribution is -2.41. The lowest BCUT2D eigenvalue weighted by molar-refractivity contribution is -0.120. The van der Waals surface area contributed by atoms with Crippen molar-refractivity contribution < 1.29 is 17.6 Å². The monoisotopic (exact) mass is 387 g/mol. The third-order valence-electron chi connectivity index (χ3n) is 4.58. The summed E-state index contributed by atoms with van der Waals surface area (Å²) in [5, 5.41) is 11.4. The third-order valence-corrected chi connectivity index (χ3v) is 6.49. The van der Waals surface area contributed by atoms with Gasteiger partial charge in [0.05, 0.1) is 22.2 Å². The second-order valence-corrected chi connectivity index (χ2v) is 8.22. The number of benzene rings is 2. The molecule has 0 radical (unpaired) electrons. The second-order valence-electron chi connectivity index (χ2n) is 6.28. The Balaban J connectivity index is 1.63. The molecular formula is C19H18FN3O3S. The van der Waals surface area contributed by atoms with E-state index in [-0.39, 0.29) is 35.5 Å². The molecule has 27 heavy (non-hydrogen) atoms. The average Bonchev–Trinajstić information content (AvgIpc) is 2.70. The van der Waals surface area contributed by atoms with Gasteiger partial charge in [0.15, 0.2) is 0 Å². The molecule has 0 bridgehead atoms. The van der Waals surface area contributed by atoms with Crippen LogP contribution < -0.4 is 5.32 Å². The summed E-state index contributed by atoms with van der Waals surface area (Å²) >= 11 is 0. The largest absolute Gasteiger partial charge is 0.323 e. The molecular weight excluding hydrogens is 369 g/mol. The summed E-state index contributed by atoms with van der Waals surface area (Å²) in [7, 11) is -3.67. The number of sulfonamides is 1. The van der Waals surface area contributed by atoms with Crippen molar-refractivity contribution in [2.24, 2.45) is 5.92 Å². The maximum atomic E-state index is 13.7. The highest BCUT2D eigenvalue weighted by molar-refractivity contribution is 7.89. The van der Waals surface area contributed by atoms with Gasteiger partial charge in [-0.15, -0.1) is 0 Å². The van der Waals surface area contributed by atoms with E-state index in [2.05, 4.69) is 5.32 Å². The van der Waals surface area contributed by atoms with Crippen LogP contribution >= 0.6 is 0 Å². The molecule has 0 aliphatic carbocycles. The minimum absolute atomic E-state index is 0.120. The summed E-state index contributed by atoms with van der Waals surface area (Å²) in [6, 6.07) is 13.6. The van der Waals surface area contributed by atoms with Gasteiger partial charge in [-0.25, -0.2) is 12.8 Å². The maximum Gasteiger partial charge on any atom is 0.243 e. The van der Waals surface area contributed by atoms with E-state index in [9.17, 15) is 17.6 Å². The number of nitriles is 1. The molecule has 6 nitrogen and oxygen atoms in total. The molecule has 1 fully saturated rings. The fraction of sp³-hybridized carbons (Fsp3) is 0.263. The van der Waals surface area contributed by atoms with Gasteiger partial charge < -0.3 is 5.32 Å². The molecule has 1 saturated heterocycles. The van der Waals surface area contributed by atoms with Gasteiger partial charge in [0.1, 0.15) is 5.82 Å². The molecule has 2 aromatic carbocycles. The molecule has 0 unspecified atom stereocenters. The third kappa shape index (κ3) is 4.15. The Bertz CT molecular complexity index is 976. The van der Waals surface area contributed by atoms with Gasteiger partial charge in [-0.05, 0) is 49.2 Å². The summed E-state index contributed by atoms with van der Waals surface area (Å²) in [5.41, 5.74) is 0.507. The van der Waals surface area contributed by atoms with Crippen molar-refractivity contribution in [1.82, 2.24) is 4.31 Å². The van der Waals surface area contributed by atoms with Crippen molar-refractivity contribution in [3.8, 4) is 6.07 Å². The Kier molecular flexibility index (Phi) is 5.54. The van der Waals surface area contributed by atoms with Crippen LogP contribution in [0.1, 0.15) is 18.4 Å². The van der Waals surface area contributed by atoms with Crippen LogP contribution in [0.4, 0.5) is 10.1 Å². The van der Waals surface area contributed by atoms with E-state index in [1.54, 1.807) is 6.07 Å². The molecule has 2 aromatic rings. The van der Waals surface area contributed by atoms with Gasteiger partial charge >= 0.3 is 0 Å². The Labute approximate surface area is 157 Å². The van der Waals surface area contributed by atoms with Gasteiger partial charge in [-0.2, -0.15) is 9.57 Å². The van der Waals surface area contributed by atoms with Crippen LogP contribution in [0.5, 0.6) is 0 Å². The fourth-order valence-electron chi connectivity index (χ4n) is 3.01. The van der Waals surface area contributed by atoms with Gasteiger partial charge in [0.2, 0.25) is 15.9 Å². The van der Waals surface area contributed by atoms with E-state index in [0.717, 1.165) is 0 Å². The molecule has 1 aliphatic rings. The molecule has 1 heterocycles. The predicted molar refractivity (Wildman–Crippen MR) is 97.7 cm³/mol. The lowest BCUT2D eigenvalue weighted by atomic mass is 9.97. The topological polar surface area (TPSA) is 90.3 Å². The number of para-hydroxylation sites is 1. The number of amides is 1. The number of nitrogens with one attached hydrogen (secondary N) is 1. The van der Waals surface area contributed by atoms with E-state index in [1.165, 1.54) is 46.8 Å². The van der Waals surface area contributed by atoms with E-state index in [4.69, 9.17) is 5.26 Å². The second kappa shape index (κ2) is 7.86. The Morgan fingerprint density at radius 1 is 1.11 bits per heavy atom. The minimum atomic E-state index is -3.67. The lowest BCUT2D eigenvalue weighted by Gasteiger charge is -2.30. The van der Waals surface area contributed by atoms with E-state index in [0.29, 0.717) is 18.4 Å². The maximum absolute atomic E-state index is 13.7. The van der Waals surface area contributed by atoms with Crippen molar-refractivity contribution in [2.75, 3.05) is 18.4 Å². The zero-order chi connectivity index (χ0) is 19.4. The number of hydrogen-bond donors (Lipinski definition) is 1. The fourth-order valence-corrected chi connectivity index (χ4v) is 4.48. The van der Waals surface area contributed by atoms with Crippen molar-refractivity contribution in [1.29, 1.82) is 5.26 Å². The number of hydrogen-bond acceptors (Lipinski definition) is 4. The summed E-state index contributed by atoms with van der Waals surface area (Å²) in [6.07, 6.45) is 0.714. The summed E-state index contributed by atoms with van der Waals surface area (Å²) in [6.45, 7) is 0.412. The standard InChI is InChI=1S/C19H18FN3O3S/c20-17-3-1-2-4-18(17)22-19(24)15-9-11-23(12-10-15)27(25,26)16-7-5-14(13-21)6-8-16/h1-8,15H,9-12H2,(H,22,24). The van der Waals surface area contributed by atoms with Crippen molar-refractivity contribution in [3.05, 3.63) is 59.9 Å². The van der Waals surface area contributed by atoms with Gasteiger partial charge in [-0.1, -0.05) is 12.1 Å². The first-order valence-corrected chi connectivity index (χ1v) is 9.91. The first-order chi connectivity index (χ1) is 12.9. The molecule has 3 rings (SSSR count). The highest BCUT2D eigenvalue weighted by Gasteiger charge is 2.32. The molecule has 0 spiro atoms. The molecule has 1 N–H and O–H groups in total. The van der Waals surface area contributed by atoms with Crippen molar-refractivity contribution >= 4 is 21.6 Å². The number of halogens is 1. The summed E-state index contributed by atoms with van der Waals surface area (Å²) < 4.78 is 40.4. The van der Waals surface area contributed by atoms with Crippen LogP contribution in [0.25, 0.3) is 0 Å². The average molecular weight is 387 g/mol. The van der Waals surface area contributed by atoms with Crippen LogP contribution in [0.2, 0.25) is 0 Å². The van der Waals surface area contributed by atoms with E-state index in [1.807, 2.05) is 6.07 Å². The number of anilines is 1. The van der Waals surface area contributed by atoms with Crippen molar-refractivity contribution in [2.45, 2.75) is 17.7 Å². The van der Waals surface area contributed by atoms with Crippen molar-refractivity contribution in [3.63, 3.8) is 0 Å². The van der Waals surface area contributed by atoms with E-state index >= 15 is 0 Å². The number of carbonyl (C=O) groups is 1. The molecule has 0 saturated carbocycles. The Morgan fingerprint density at radius 2 is 1.74 bits per heavy atom. The SMILES string of the molecule is N#Cc1ccc(S(=O)(=O)N2CCC(C(=O)Nc3ccccc3F)CC2)cc1. The van der Waals surface area contributed by atoms with E-state index < -0.39 is 15.8 Å². The molecule has 0 aromatic heterocycles. The predicted octanol–water partition coefficient (Wildman–Crippen LogP) is 2.74. The summed E-state index contributed by atoms with van der Waals surface area (Å²) in [5.74, 6) is -1.20. The first-order valence-electron chi connectivity index (χ1n) is 8.47. The molecule has 140 valence electrons. The van der Waals surface area contributed by atoms with Crippen LogP contribution in [0, 0.1) is 23.1 Å². The van der Waals surface area contributed by atoms with Gasteiger partial charge in [0.25, 0.3) is 0 Å². The molecule has 0 atom stereocenters. The zero-order valence-corrected chi connectivity index (χ0v) is 15.2. The van der Waals surface area contributed by atoms with Crippen LogP contribution in [-0.4, -0.2) is 31.7 Å².